The summed E-state index contributed by atoms with van der Waals surface area (Å²) in [6.45, 7) is 1.86. The van der Waals surface area contributed by atoms with Gasteiger partial charge in [0.25, 0.3) is 5.56 Å². The van der Waals surface area contributed by atoms with Gasteiger partial charge in [0.1, 0.15) is 11.6 Å². The fourth-order valence-electron chi connectivity index (χ4n) is 2.93. The Kier molecular flexibility index (Phi) is 6.63. The molecule has 2 heterocycles. The second-order valence-electron chi connectivity index (χ2n) is 6.80. The Morgan fingerprint density at radius 3 is 2.75 bits per heavy atom. The number of benzene rings is 2. The SMILES string of the molecule is CCc1nn2c(=O)cc(COC(=O)c3ccccc3SCc3ccc(C#N)cc3)nc2s1. The number of carbonyl (C=O) groups excluding carboxylic acids is 1. The van der Waals surface area contributed by atoms with Crippen LogP contribution in [0, 0.1) is 11.3 Å². The van der Waals surface area contributed by atoms with Crippen molar-refractivity contribution >= 4 is 34.0 Å². The van der Waals surface area contributed by atoms with E-state index in [1.165, 1.54) is 33.7 Å². The van der Waals surface area contributed by atoms with E-state index >= 15 is 0 Å². The molecule has 2 aromatic carbocycles. The number of aryl methyl sites for hydroxylation is 1. The summed E-state index contributed by atoms with van der Waals surface area (Å²) in [5.41, 5.74) is 2.20. The van der Waals surface area contributed by atoms with Gasteiger partial charge in [0.15, 0.2) is 0 Å². The number of aromatic nitrogens is 3. The fourth-order valence-corrected chi connectivity index (χ4v) is 4.78. The van der Waals surface area contributed by atoms with Crippen LogP contribution >= 0.6 is 23.1 Å². The lowest BCUT2D eigenvalue weighted by Crippen LogP contribution is -2.16. The van der Waals surface area contributed by atoms with Crippen molar-refractivity contribution in [3.05, 3.63) is 92.3 Å². The van der Waals surface area contributed by atoms with Crippen molar-refractivity contribution in [2.45, 2.75) is 30.6 Å². The van der Waals surface area contributed by atoms with Crippen LogP contribution in [0.1, 0.15) is 39.1 Å². The van der Waals surface area contributed by atoms with E-state index in [0.29, 0.717) is 34.0 Å². The number of hydrogen-bond donors (Lipinski definition) is 0. The molecule has 0 bridgehead atoms. The highest BCUT2D eigenvalue weighted by molar-refractivity contribution is 7.98. The molecule has 0 atom stereocenters. The van der Waals surface area contributed by atoms with Gasteiger partial charge in [-0.25, -0.2) is 9.78 Å². The van der Waals surface area contributed by atoms with Gasteiger partial charge in [-0.2, -0.15) is 14.9 Å². The van der Waals surface area contributed by atoms with Crippen molar-refractivity contribution in [1.29, 1.82) is 5.26 Å². The van der Waals surface area contributed by atoms with Gasteiger partial charge in [-0.05, 0) is 36.2 Å². The average Bonchev–Trinajstić information content (AvgIpc) is 3.26. The van der Waals surface area contributed by atoms with Crippen molar-refractivity contribution in [2.24, 2.45) is 0 Å². The molecule has 32 heavy (non-hydrogen) atoms. The van der Waals surface area contributed by atoms with Crippen LogP contribution in [-0.4, -0.2) is 20.6 Å². The van der Waals surface area contributed by atoms with Crippen LogP contribution in [0.25, 0.3) is 4.96 Å². The number of carbonyl (C=O) groups is 1. The topological polar surface area (TPSA) is 97.4 Å². The number of fused-ring (bicyclic) bond motifs is 1. The number of esters is 1. The predicted molar refractivity (Wildman–Crippen MR) is 123 cm³/mol. The molecule has 0 aliphatic carbocycles. The zero-order chi connectivity index (χ0) is 22.5. The Morgan fingerprint density at radius 1 is 1.22 bits per heavy atom. The molecule has 9 heteroatoms. The Bertz CT molecular complexity index is 1370. The second kappa shape index (κ2) is 9.77. The standard InChI is InChI=1S/C23H18N4O3S2/c1-2-20-26-27-21(28)11-17(25-23(27)32-20)13-30-22(29)18-5-3-4-6-19(18)31-14-16-9-7-15(12-24)8-10-16/h3-11H,2,13-14H2,1H3. The van der Waals surface area contributed by atoms with Gasteiger partial charge < -0.3 is 4.74 Å². The summed E-state index contributed by atoms with van der Waals surface area (Å²) in [6.07, 6.45) is 0.717. The first-order chi connectivity index (χ1) is 15.6. The summed E-state index contributed by atoms with van der Waals surface area (Å²) in [7, 11) is 0. The largest absolute Gasteiger partial charge is 0.456 e. The maximum absolute atomic E-state index is 12.7. The fraction of sp³-hybridized carbons (Fsp3) is 0.174. The van der Waals surface area contributed by atoms with Crippen LogP contribution in [0.2, 0.25) is 0 Å². The first-order valence-corrected chi connectivity index (χ1v) is 11.6. The first kappa shape index (κ1) is 21.7. The third-order valence-electron chi connectivity index (χ3n) is 4.58. The molecule has 0 saturated carbocycles. The Balaban J connectivity index is 1.45. The molecule has 160 valence electrons. The van der Waals surface area contributed by atoms with Crippen LogP contribution in [0.3, 0.4) is 0 Å². The molecule has 0 saturated heterocycles. The van der Waals surface area contributed by atoms with Gasteiger partial charge in [0, 0.05) is 16.7 Å². The second-order valence-corrected chi connectivity index (χ2v) is 8.86. The van der Waals surface area contributed by atoms with Crippen LogP contribution < -0.4 is 5.56 Å². The van der Waals surface area contributed by atoms with Gasteiger partial charge in [0.2, 0.25) is 4.96 Å². The monoisotopic (exact) mass is 462 g/mol. The summed E-state index contributed by atoms with van der Waals surface area (Å²) >= 11 is 2.86. The summed E-state index contributed by atoms with van der Waals surface area (Å²) in [5.74, 6) is 0.171. The molecule has 4 rings (SSSR count). The van der Waals surface area contributed by atoms with Crippen molar-refractivity contribution < 1.29 is 9.53 Å². The lowest BCUT2D eigenvalue weighted by atomic mass is 10.2. The van der Waals surface area contributed by atoms with Crippen LogP contribution in [0.15, 0.2) is 64.3 Å². The third-order valence-corrected chi connectivity index (χ3v) is 6.78. The number of ether oxygens (including phenoxy) is 1. The van der Waals surface area contributed by atoms with Crippen molar-refractivity contribution in [3.8, 4) is 6.07 Å². The number of nitriles is 1. The van der Waals surface area contributed by atoms with Crippen LogP contribution in [0.5, 0.6) is 0 Å². The number of thioether (sulfide) groups is 1. The van der Waals surface area contributed by atoms with E-state index in [1.54, 1.807) is 24.3 Å². The van der Waals surface area contributed by atoms with E-state index in [0.717, 1.165) is 15.5 Å². The van der Waals surface area contributed by atoms with Gasteiger partial charge in [0.05, 0.1) is 22.9 Å². The molecule has 0 aliphatic rings. The molecular weight excluding hydrogens is 444 g/mol. The normalized spacial score (nSPS) is 10.8. The van der Waals surface area contributed by atoms with Gasteiger partial charge >= 0.3 is 5.97 Å². The molecule has 4 aromatic rings. The van der Waals surface area contributed by atoms with E-state index in [2.05, 4.69) is 16.2 Å². The quantitative estimate of drug-likeness (QED) is 0.299. The van der Waals surface area contributed by atoms with Crippen molar-refractivity contribution in [2.75, 3.05) is 0 Å². The molecule has 0 amide bonds. The molecule has 0 unspecified atom stereocenters. The predicted octanol–water partition coefficient (Wildman–Crippen LogP) is 4.23. The van der Waals surface area contributed by atoms with E-state index in [1.807, 2.05) is 31.2 Å². The summed E-state index contributed by atoms with van der Waals surface area (Å²) < 4.78 is 6.73. The summed E-state index contributed by atoms with van der Waals surface area (Å²) in [4.78, 5) is 30.7. The third kappa shape index (κ3) is 4.88. The molecular formula is C23H18N4O3S2. The van der Waals surface area contributed by atoms with Gasteiger partial charge in [-0.15, -0.1) is 11.8 Å². The van der Waals surface area contributed by atoms with Crippen LogP contribution in [0.4, 0.5) is 0 Å². The minimum absolute atomic E-state index is 0.0987. The molecule has 0 radical (unpaired) electrons. The number of rotatable bonds is 7. The van der Waals surface area contributed by atoms with Gasteiger partial charge in [-0.3, -0.25) is 4.79 Å². The van der Waals surface area contributed by atoms with Gasteiger partial charge in [-0.1, -0.05) is 42.5 Å². The lowest BCUT2D eigenvalue weighted by molar-refractivity contribution is 0.0463. The number of hydrogen-bond acceptors (Lipinski definition) is 8. The summed E-state index contributed by atoms with van der Waals surface area (Å²) in [5, 5.41) is 13.9. The zero-order valence-electron chi connectivity index (χ0n) is 17.1. The minimum Gasteiger partial charge on any atom is -0.456 e. The Hall–Kier alpha value is -3.48. The van der Waals surface area contributed by atoms with E-state index in [9.17, 15) is 9.59 Å². The molecule has 0 N–H and O–H groups in total. The highest BCUT2D eigenvalue weighted by Gasteiger charge is 2.15. The zero-order valence-corrected chi connectivity index (χ0v) is 18.8. The highest BCUT2D eigenvalue weighted by atomic mass is 32.2. The molecule has 2 aromatic heterocycles. The van der Waals surface area contributed by atoms with E-state index < -0.39 is 5.97 Å². The van der Waals surface area contributed by atoms with E-state index in [4.69, 9.17) is 10.00 Å². The first-order valence-electron chi connectivity index (χ1n) is 9.84. The molecule has 0 fully saturated rings. The van der Waals surface area contributed by atoms with Crippen molar-refractivity contribution in [3.63, 3.8) is 0 Å². The van der Waals surface area contributed by atoms with E-state index in [-0.39, 0.29) is 12.2 Å². The molecule has 0 spiro atoms. The minimum atomic E-state index is -0.478. The van der Waals surface area contributed by atoms with Crippen molar-refractivity contribution in [1.82, 2.24) is 14.6 Å². The Morgan fingerprint density at radius 2 is 2.00 bits per heavy atom. The molecule has 7 nitrogen and oxygen atoms in total. The number of nitrogens with zero attached hydrogens (tertiary/aromatic N) is 4. The maximum Gasteiger partial charge on any atom is 0.339 e. The molecule has 0 aliphatic heterocycles. The average molecular weight is 463 g/mol. The highest BCUT2D eigenvalue weighted by Crippen LogP contribution is 2.27. The Labute approximate surface area is 192 Å². The smallest absolute Gasteiger partial charge is 0.339 e. The van der Waals surface area contributed by atoms with Crippen LogP contribution in [-0.2, 0) is 23.5 Å². The summed E-state index contributed by atoms with van der Waals surface area (Å²) in [6, 6.07) is 18.0. The maximum atomic E-state index is 12.7. The lowest BCUT2D eigenvalue weighted by Gasteiger charge is -2.09.